The zero-order valence-corrected chi connectivity index (χ0v) is 13.0. The number of carbonyl (C=O) groups excluding carboxylic acids is 1. The first-order chi connectivity index (χ1) is 11.3. The maximum absolute atomic E-state index is 11.9. The second kappa shape index (κ2) is 7.74. The molecule has 1 aromatic carbocycles. The van der Waals surface area contributed by atoms with Crippen molar-refractivity contribution in [1.82, 2.24) is 9.78 Å². The minimum Gasteiger partial charge on any atom is -0.381 e. The molecule has 1 N–H and O–H groups in total. The van der Waals surface area contributed by atoms with Crippen LogP contribution in [0.4, 0.5) is 5.69 Å². The summed E-state index contributed by atoms with van der Waals surface area (Å²) < 4.78 is 7.26. The topological polar surface area (TPSA) is 56.2 Å². The molecule has 3 rings (SSSR count). The normalized spacial score (nSPS) is 15.8. The monoisotopic (exact) mass is 311 g/mol. The van der Waals surface area contributed by atoms with Gasteiger partial charge in [0.2, 0.25) is 5.91 Å². The molecule has 1 fully saturated rings. The summed E-state index contributed by atoms with van der Waals surface area (Å²) in [7, 11) is 0. The van der Waals surface area contributed by atoms with Crippen LogP contribution in [0.5, 0.6) is 0 Å². The van der Waals surface area contributed by atoms with Gasteiger partial charge in [0.1, 0.15) is 0 Å². The van der Waals surface area contributed by atoms with Crippen LogP contribution in [0.15, 0.2) is 48.8 Å². The number of rotatable bonds is 5. The number of carbonyl (C=O) groups is 1. The third-order valence-corrected chi connectivity index (χ3v) is 3.91. The average Bonchev–Trinajstić information content (AvgIpc) is 3.02. The highest BCUT2D eigenvalue weighted by Gasteiger charge is 2.14. The van der Waals surface area contributed by atoms with Gasteiger partial charge in [-0.25, -0.2) is 0 Å². The Kier molecular flexibility index (Phi) is 5.21. The van der Waals surface area contributed by atoms with Crippen molar-refractivity contribution in [2.24, 2.45) is 5.92 Å². The molecule has 1 aliphatic heterocycles. The summed E-state index contributed by atoms with van der Waals surface area (Å²) in [5, 5.41) is 7.15. The minimum atomic E-state index is -0.153. The van der Waals surface area contributed by atoms with Crippen LogP contribution < -0.4 is 5.32 Å². The summed E-state index contributed by atoms with van der Waals surface area (Å²) in [6.45, 7) is 2.54. The Bertz CT molecular complexity index is 658. The highest BCUT2D eigenvalue weighted by molar-refractivity contribution is 6.01. The molecular weight excluding hydrogens is 290 g/mol. The fourth-order valence-electron chi connectivity index (χ4n) is 2.64. The lowest BCUT2D eigenvalue weighted by Crippen LogP contribution is -2.20. The minimum absolute atomic E-state index is 0.153. The molecule has 2 aromatic rings. The molecule has 2 heterocycles. The first kappa shape index (κ1) is 15.5. The summed E-state index contributed by atoms with van der Waals surface area (Å²) in [5.74, 6) is 0.449. The average molecular weight is 311 g/mol. The SMILES string of the molecule is O=C(/C=C/c1ccccc1)Nc1cnn(CC2CCOCC2)c1. The van der Waals surface area contributed by atoms with E-state index in [1.54, 1.807) is 12.3 Å². The summed E-state index contributed by atoms with van der Waals surface area (Å²) in [4.78, 5) is 11.9. The molecule has 1 aromatic heterocycles. The summed E-state index contributed by atoms with van der Waals surface area (Å²) in [5.41, 5.74) is 1.72. The van der Waals surface area contributed by atoms with Crippen LogP contribution in [0.3, 0.4) is 0 Å². The molecule has 5 nitrogen and oxygen atoms in total. The fraction of sp³-hybridized carbons (Fsp3) is 0.333. The van der Waals surface area contributed by atoms with Crippen molar-refractivity contribution >= 4 is 17.7 Å². The molecule has 0 radical (unpaired) electrons. The molecule has 0 saturated carbocycles. The van der Waals surface area contributed by atoms with E-state index >= 15 is 0 Å². The van der Waals surface area contributed by atoms with Gasteiger partial charge in [0, 0.05) is 32.0 Å². The van der Waals surface area contributed by atoms with E-state index in [4.69, 9.17) is 4.74 Å². The van der Waals surface area contributed by atoms with Crippen molar-refractivity contribution in [1.29, 1.82) is 0 Å². The van der Waals surface area contributed by atoms with Crippen LogP contribution >= 0.6 is 0 Å². The van der Waals surface area contributed by atoms with E-state index in [-0.39, 0.29) is 5.91 Å². The molecule has 1 aliphatic rings. The maximum atomic E-state index is 11.9. The molecule has 5 heteroatoms. The molecule has 1 amide bonds. The Hall–Kier alpha value is -2.40. The zero-order chi connectivity index (χ0) is 15.9. The molecule has 23 heavy (non-hydrogen) atoms. The Morgan fingerprint density at radius 3 is 2.87 bits per heavy atom. The second-order valence-electron chi connectivity index (χ2n) is 5.74. The summed E-state index contributed by atoms with van der Waals surface area (Å²) in [6, 6.07) is 9.74. The van der Waals surface area contributed by atoms with Crippen LogP contribution in [0.25, 0.3) is 6.08 Å². The number of benzene rings is 1. The summed E-state index contributed by atoms with van der Waals surface area (Å²) >= 11 is 0. The molecule has 1 saturated heterocycles. The number of amides is 1. The van der Waals surface area contributed by atoms with E-state index < -0.39 is 0 Å². The molecule has 120 valence electrons. The van der Waals surface area contributed by atoms with Crippen molar-refractivity contribution in [2.45, 2.75) is 19.4 Å². The van der Waals surface area contributed by atoms with Crippen LogP contribution in [0, 0.1) is 5.92 Å². The third kappa shape index (κ3) is 4.79. The highest BCUT2D eigenvalue weighted by Crippen LogP contribution is 2.17. The van der Waals surface area contributed by atoms with Gasteiger partial charge >= 0.3 is 0 Å². The van der Waals surface area contributed by atoms with E-state index in [1.165, 1.54) is 6.08 Å². The molecule has 0 bridgehead atoms. The highest BCUT2D eigenvalue weighted by atomic mass is 16.5. The third-order valence-electron chi connectivity index (χ3n) is 3.91. The van der Waals surface area contributed by atoms with Crippen molar-refractivity contribution in [3.8, 4) is 0 Å². The number of aromatic nitrogens is 2. The summed E-state index contributed by atoms with van der Waals surface area (Å²) in [6.07, 6.45) is 9.03. The van der Waals surface area contributed by atoms with E-state index in [9.17, 15) is 4.79 Å². The first-order valence-corrected chi connectivity index (χ1v) is 7.94. The number of anilines is 1. The quantitative estimate of drug-likeness (QED) is 0.864. The maximum Gasteiger partial charge on any atom is 0.248 e. The standard InChI is InChI=1S/C18H21N3O2/c22-18(7-6-15-4-2-1-3-5-15)20-17-12-19-21(14-17)13-16-8-10-23-11-9-16/h1-7,12,14,16H,8-11,13H2,(H,20,22)/b7-6+. The van der Waals surface area contributed by atoms with E-state index in [2.05, 4.69) is 10.4 Å². The fourth-order valence-corrected chi connectivity index (χ4v) is 2.64. The van der Waals surface area contributed by atoms with Crippen molar-refractivity contribution in [2.75, 3.05) is 18.5 Å². The van der Waals surface area contributed by atoms with Crippen LogP contribution in [-0.2, 0) is 16.1 Å². The Labute approximate surface area is 136 Å². The Morgan fingerprint density at radius 2 is 2.09 bits per heavy atom. The molecular formula is C18H21N3O2. The molecule has 0 aliphatic carbocycles. The van der Waals surface area contributed by atoms with Gasteiger partial charge in [0.25, 0.3) is 0 Å². The number of nitrogens with one attached hydrogen (secondary N) is 1. The van der Waals surface area contributed by atoms with Crippen molar-refractivity contribution in [3.05, 3.63) is 54.4 Å². The van der Waals surface area contributed by atoms with Crippen LogP contribution in [-0.4, -0.2) is 28.9 Å². The second-order valence-corrected chi connectivity index (χ2v) is 5.74. The number of ether oxygens (including phenoxy) is 1. The lowest BCUT2D eigenvalue weighted by Gasteiger charge is -2.21. The number of nitrogens with zero attached hydrogens (tertiary/aromatic N) is 2. The van der Waals surface area contributed by atoms with Crippen molar-refractivity contribution in [3.63, 3.8) is 0 Å². The van der Waals surface area contributed by atoms with Crippen LogP contribution in [0.1, 0.15) is 18.4 Å². The van der Waals surface area contributed by atoms with Gasteiger partial charge in [-0.1, -0.05) is 30.3 Å². The predicted octanol–water partition coefficient (Wildman–Crippen LogP) is 2.96. The van der Waals surface area contributed by atoms with Gasteiger partial charge in [-0.3, -0.25) is 9.48 Å². The zero-order valence-electron chi connectivity index (χ0n) is 13.0. The van der Waals surface area contributed by atoms with E-state index in [1.807, 2.05) is 41.2 Å². The lowest BCUT2D eigenvalue weighted by atomic mass is 10.0. The van der Waals surface area contributed by atoms with Gasteiger partial charge in [-0.15, -0.1) is 0 Å². The predicted molar refractivity (Wildman–Crippen MR) is 89.9 cm³/mol. The Balaban J connectivity index is 1.52. The molecule has 0 unspecified atom stereocenters. The van der Waals surface area contributed by atoms with Gasteiger partial charge in [0.15, 0.2) is 0 Å². The van der Waals surface area contributed by atoms with Gasteiger partial charge in [0.05, 0.1) is 11.9 Å². The number of hydrogen-bond acceptors (Lipinski definition) is 3. The molecule has 0 atom stereocenters. The number of hydrogen-bond donors (Lipinski definition) is 1. The van der Waals surface area contributed by atoms with Crippen molar-refractivity contribution < 1.29 is 9.53 Å². The van der Waals surface area contributed by atoms with Gasteiger partial charge in [-0.05, 0) is 30.4 Å². The first-order valence-electron chi connectivity index (χ1n) is 7.94. The Morgan fingerprint density at radius 1 is 1.30 bits per heavy atom. The smallest absolute Gasteiger partial charge is 0.248 e. The molecule has 0 spiro atoms. The van der Waals surface area contributed by atoms with E-state index in [0.29, 0.717) is 5.92 Å². The van der Waals surface area contributed by atoms with Gasteiger partial charge < -0.3 is 10.1 Å². The van der Waals surface area contributed by atoms with E-state index in [0.717, 1.165) is 43.9 Å². The largest absolute Gasteiger partial charge is 0.381 e. The van der Waals surface area contributed by atoms with Gasteiger partial charge in [-0.2, -0.15) is 5.10 Å². The lowest BCUT2D eigenvalue weighted by molar-refractivity contribution is -0.111. The van der Waals surface area contributed by atoms with Crippen LogP contribution in [0.2, 0.25) is 0 Å².